The Bertz CT molecular complexity index is 1300. The van der Waals surface area contributed by atoms with Gasteiger partial charge in [0, 0.05) is 44.4 Å². The van der Waals surface area contributed by atoms with E-state index in [4.69, 9.17) is 5.73 Å². The summed E-state index contributed by atoms with van der Waals surface area (Å²) < 4.78 is 0. The highest BCUT2D eigenvalue weighted by Crippen LogP contribution is 2.52. The molecule has 5 N–H and O–H groups in total. The number of aliphatic hydroxyl groups is 1. The second-order valence-corrected chi connectivity index (χ2v) is 13.1. The number of phenolic OH excluding ortho intramolecular Hbond substituents is 1. The molecule has 6 atom stereocenters. The normalized spacial score (nSPS) is 30.2. The summed E-state index contributed by atoms with van der Waals surface area (Å²) in [6.45, 7) is 7.14. The van der Waals surface area contributed by atoms with Crippen LogP contribution in [0.25, 0.3) is 0 Å². The van der Waals surface area contributed by atoms with Crippen LogP contribution in [0.2, 0.25) is 0 Å². The predicted octanol–water partition coefficient (Wildman–Crippen LogP) is 0.0687. The molecule has 1 aromatic rings. The number of hydrogen-bond acceptors (Lipinski definition) is 10. The van der Waals surface area contributed by atoms with Crippen molar-refractivity contribution in [3.63, 3.8) is 0 Å². The first-order valence-electron chi connectivity index (χ1n) is 13.5. The van der Waals surface area contributed by atoms with E-state index in [0.29, 0.717) is 23.4 Å². The molecule has 0 aromatic heterocycles. The number of nitrogens with one attached hydrogen (secondary N) is 1. The van der Waals surface area contributed by atoms with Gasteiger partial charge in [-0.15, -0.1) is 0 Å². The Kier molecular flexibility index (Phi) is 7.49. The Morgan fingerprint density at radius 1 is 1.12 bits per heavy atom. The third-order valence-corrected chi connectivity index (χ3v) is 8.57. The molecule has 11 nitrogen and oxygen atoms in total. The van der Waals surface area contributed by atoms with Crippen molar-refractivity contribution in [2.45, 2.75) is 51.8 Å². The lowest BCUT2D eigenvalue weighted by Crippen LogP contribution is -2.74. The number of ketones is 4. The van der Waals surface area contributed by atoms with Crippen molar-refractivity contribution in [3.05, 3.63) is 22.8 Å². The minimum absolute atomic E-state index is 0.00496. The number of nitrogens with two attached hydrogens (primary N) is 1. The lowest BCUT2D eigenvalue weighted by molar-refractivity contribution is -0.181. The molecule has 0 radical (unpaired) electrons. The Morgan fingerprint density at radius 3 is 2.27 bits per heavy atom. The zero-order chi connectivity index (χ0) is 30.1. The second kappa shape index (κ2) is 10.0. The minimum Gasteiger partial charge on any atom is -0.507 e. The van der Waals surface area contributed by atoms with Gasteiger partial charge in [-0.1, -0.05) is 20.8 Å². The van der Waals surface area contributed by atoms with Crippen LogP contribution in [0.1, 0.15) is 48.7 Å². The number of nitrogens with zero attached hydrogens (tertiary/aromatic N) is 2. The number of anilines is 1. The van der Waals surface area contributed by atoms with Crippen molar-refractivity contribution >= 4 is 34.7 Å². The molecule has 3 aliphatic carbocycles. The molecule has 218 valence electrons. The van der Waals surface area contributed by atoms with Gasteiger partial charge in [-0.05, 0) is 49.9 Å². The molecule has 0 saturated heterocycles. The van der Waals surface area contributed by atoms with E-state index < -0.39 is 64.4 Å². The van der Waals surface area contributed by atoms with Gasteiger partial charge in [0.2, 0.25) is 5.91 Å². The number of hydrogen-bond donors (Lipinski definition) is 4. The maximum absolute atomic E-state index is 14.0. The predicted molar refractivity (Wildman–Crippen MR) is 147 cm³/mol. The Morgan fingerprint density at radius 2 is 1.75 bits per heavy atom. The van der Waals surface area contributed by atoms with Crippen LogP contribution in [0.15, 0.2) is 6.07 Å². The zero-order valence-electron chi connectivity index (χ0n) is 24.2. The first-order valence-corrected chi connectivity index (χ1v) is 13.5. The Hall–Kier alpha value is -3.15. The van der Waals surface area contributed by atoms with Gasteiger partial charge in [-0.3, -0.25) is 28.9 Å². The molecule has 1 aromatic carbocycles. The fourth-order valence-electron chi connectivity index (χ4n) is 6.81. The first kappa shape index (κ1) is 29.8. The van der Waals surface area contributed by atoms with E-state index in [1.807, 2.05) is 25.1 Å². The number of primary amides is 1. The van der Waals surface area contributed by atoms with Crippen molar-refractivity contribution in [3.8, 4) is 5.75 Å². The van der Waals surface area contributed by atoms with E-state index in [1.54, 1.807) is 14.1 Å². The van der Waals surface area contributed by atoms with Crippen LogP contribution >= 0.6 is 0 Å². The average Bonchev–Trinajstić information content (AvgIpc) is 2.81. The zero-order valence-corrected chi connectivity index (χ0v) is 24.2. The maximum atomic E-state index is 14.0. The molecule has 0 bridgehead atoms. The molecule has 0 spiro atoms. The van der Waals surface area contributed by atoms with Crippen molar-refractivity contribution in [1.82, 2.24) is 10.2 Å². The number of phenols is 1. The van der Waals surface area contributed by atoms with Crippen molar-refractivity contribution in [2.75, 3.05) is 39.6 Å². The van der Waals surface area contributed by atoms with Crippen LogP contribution in [0.5, 0.6) is 5.75 Å². The molecule has 4 rings (SSSR count). The van der Waals surface area contributed by atoms with Crippen LogP contribution in [0.3, 0.4) is 0 Å². The highest BCUT2D eigenvalue weighted by molar-refractivity contribution is 6.32. The van der Waals surface area contributed by atoms with E-state index >= 15 is 0 Å². The van der Waals surface area contributed by atoms with Gasteiger partial charge >= 0.3 is 0 Å². The van der Waals surface area contributed by atoms with Gasteiger partial charge in [-0.25, -0.2) is 0 Å². The summed E-state index contributed by atoms with van der Waals surface area (Å²) >= 11 is 0. The maximum Gasteiger partial charge on any atom is 0.235 e. The van der Waals surface area contributed by atoms with Crippen LogP contribution in [0, 0.1) is 29.1 Å². The molecule has 2 fully saturated rings. The third kappa shape index (κ3) is 4.53. The van der Waals surface area contributed by atoms with Crippen molar-refractivity contribution in [1.29, 1.82) is 0 Å². The number of fused-ring (bicyclic) bond motifs is 3. The molecule has 11 heteroatoms. The van der Waals surface area contributed by atoms with Gasteiger partial charge < -0.3 is 26.2 Å². The molecule has 2 saturated carbocycles. The molecule has 0 heterocycles. The third-order valence-electron chi connectivity index (χ3n) is 8.57. The lowest BCUT2D eigenvalue weighted by Gasteiger charge is -2.52. The van der Waals surface area contributed by atoms with Gasteiger partial charge in [-0.2, -0.15) is 0 Å². The largest absolute Gasteiger partial charge is 0.507 e. The summed E-state index contributed by atoms with van der Waals surface area (Å²) in [6.07, 6.45) is 0.245. The molecule has 40 heavy (non-hydrogen) atoms. The number of carbonyl (C=O) groups excluding carboxylic acids is 5. The van der Waals surface area contributed by atoms with E-state index in [2.05, 4.69) is 26.1 Å². The van der Waals surface area contributed by atoms with Gasteiger partial charge in [0.25, 0.3) is 0 Å². The Balaban J connectivity index is 1.83. The SMILES string of the molecule is CN(C)c1cc(CNCC(C)(C)C)c(O)c2c1C[C@H]1C[C@H]3[C@H](N(C)C)C(=O)[C@H](C(N)=O)C(=O)[C@@]3(O)C(=O)[C@@H]1C2=O. The molecular formula is C29H40N4O7. The van der Waals surface area contributed by atoms with E-state index in [0.717, 1.165) is 0 Å². The van der Waals surface area contributed by atoms with E-state index in [1.165, 1.54) is 4.90 Å². The van der Waals surface area contributed by atoms with Crippen LogP contribution < -0.4 is 16.0 Å². The van der Waals surface area contributed by atoms with Crippen LogP contribution in [-0.4, -0.2) is 90.5 Å². The summed E-state index contributed by atoms with van der Waals surface area (Å²) in [7, 11) is 6.77. The minimum atomic E-state index is -2.73. The second-order valence-electron chi connectivity index (χ2n) is 13.1. The van der Waals surface area contributed by atoms with Gasteiger partial charge in [0.15, 0.2) is 34.7 Å². The summed E-state index contributed by atoms with van der Waals surface area (Å²) in [5.41, 5.74) is 4.41. The molecule has 3 aliphatic rings. The average molecular weight is 557 g/mol. The lowest BCUT2D eigenvalue weighted by atomic mass is 9.52. The molecular weight excluding hydrogens is 516 g/mol. The number of benzene rings is 1. The monoisotopic (exact) mass is 556 g/mol. The van der Waals surface area contributed by atoms with Crippen LogP contribution in [0.4, 0.5) is 5.69 Å². The van der Waals surface area contributed by atoms with E-state index in [-0.39, 0.29) is 36.1 Å². The summed E-state index contributed by atoms with van der Waals surface area (Å²) in [5.74, 6) is -10.4. The summed E-state index contributed by atoms with van der Waals surface area (Å²) in [4.78, 5) is 70.1. The number of Topliss-reactive ketones (excluding diaryl/α,β-unsaturated/α-hetero) is 4. The topological polar surface area (TPSA) is 170 Å². The Labute approximate surface area is 234 Å². The van der Waals surface area contributed by atoms with Gasteiger partial charge in [0.1, 0.15) is 5.75 Å². The molecule has 1 amide bonds. The number of amides is 1. The smallest absolute Gasteiger partial charge is 0.235 e. The molecule has 0 aliphatic heterocycles. The van der Waals surface area contributed by atoms with Crippen molar-refractivity contribution in [2.24, 2.45) is 34.8 Å². The molecule has 0 unspecified atom stereocenters. The number of aromatic hydroxyl groups is 1. The van der Waals surface area contributed by atoms with Gasteiger partial charge in [0.05, 0.1) is 17.5 Å². The number of likely N-dealkylation sites (N-methyl/N-ethyl adjacent to an activating group) is 1. The summed E-state index contributed by atoms with van der Waals surface area (Å²) in [5, 5.41) is 26.3. The number of rotatable bonds is 6. The van der Waals surface area contributed by atoms with Crippen molar-refractivity contribution < 1.29 is 34.2 Å². The quantitative estimate of drug-likeness (QED) is 0.352. The van der Waals surface area contributed by atoms with Crippen LogP contribution in [-0.2, 0) is 32.1 Å². The standard InChI is InChI=1S/C29H40N4O7/c1-28(2,3)12-31-11-14-10-17(32(4)5)15-8-13-9-16-21(33(6)7)24(36)20(27(30)39)26(38)29(16,40)25(37)18(13)23(35)19(15)22(14)34/h10,13,16,18,20-21,31,34,40H,8-9,11-12H2,1-7H3,(H2,30,39)/t13-,16-,18-,20-,21-,29-/m0/s1. The highest BCUT2D eigenvalue weighted by atomic mass is 16.3. The summed E-state index contributed by atoms with van der Waals surface area (Å²) in [6, 6.07) is 0.700. The fourth-order valence-corrected chi connectivity index (χ4v) is 6.81. The highest BCUT2D eigenvalue weighted by Gasteiger charge is 2.69. The fraction of sp³-hybridized carbons (Fsp3) is 0.621. The first-order chi connectivity index (χ1) is 18.4. The van der Waals surface area contributed by atoms with E-state index in [9.17, 15) is 34.2 Å². The number of carbonyl (C=O) groups is 5.